The number of rotatable bonds is 7. The first-order chi connectivity index (χ1) is 7.91. The van der Waals surface area contributed by atoms with Crippen LogP contribution in [0.25, 0.3) is 0 Å². The quantitative estimate of drug-likeness (QED) is 0.765. The van der Waals surface area contributed by atoms with Crippen LogP contribution in [0.5, 0.6) is 0 Å². The Kier molecular flexibility index (Phi) is 5.98. The predicted octanol–water partition coefficient (Wildman–Crippen LogP) is 4.61. The number of hydrogen-bond acceptors (Lipinski definition) is 2. The molecule has 0 saturated heterocycles. The van der Waals surface area contributed by atoms with E-state index in [4.69, 9.17) is 11.6 Å². The maximum atomic E-state index is 6.11. The van der Waals surface area contributed by atoms with Crippen molar-refractivity contribution in [1.29, 1.82) is 0 Å². The van der Waals surface area contributed by atoms with Crippen molar-refractivity contribution in [1.82, 2.24) is 5.32 Å². The SMILES string of the molecule is CC(C)CNCC(C)(C)CCc1sccc1Cl. The van der Waals surface area contributed by atoms with Crippen molar-refractivity contribution in [3.63, 3.8) is 0 Å². The molecule has 98 valence electrons. The van der Waals surface area contributed by atoms with Gasteiger partial charge in [-0.25, -0.2) is 0 Å². The van der Waals surface area contributed by atoms with Crippen LogP contribution in [0.4, 0.5) is 0 Å². The largest absolute Gasteiger partial charge is 0.316 e. The van der Waals surface area contributed by atoms with Gasteiger partial charge < -0.3 is 5.32 Å². The summed E-state index contributed by atoms with van der Waals surface area (Å²) in [4.78, 5) is 1.32. The van der Waals surface area contributed by atoms with Crippen molar-refractivity contribution < 1.29 is 0 Å². The summed E-state index contributed by atoms with van der Waals surface area (Å²) < 4.78 is 0. The first-order valence-electron chi connectivity index (χ1n) is 6.33. The third-order valence-electron chi connectivity index (χ3n) is 2.88. The van der Waals surface area contributed by atoms with E-state index in [2.05, 4.69) is 38.4 Å². The Morgan fingerprint density at radius 3 is 2.65 bits per heavy atom. The molecule has 17 heavy (non-hydrogen) atoms. The molecule has 0 aliphatic rings. The van der Waals surface area contributed by atoms with Crippen LogP contribution in [0.3, 0.4) is 0 Å². The number of nitrogens with one attached hydrogen (secondary N) is 1. The third-order valence-corrected chi connectivity index (χ3v) is 4.32. The van der Waals surface area contributed by atoms with E-state index in [1.54, 1.807) is 11.3 Å². The van der Waals surface area contributed by atoms with Gasteiger partial charge in [-0.1, -0.05) is 39.3 Å². The fourth-order valence-corrected chi connectivity index (χ4v) is 2.88. The van der Waals surface area contributed by atoms with Gasteiger partial charge in [-0.05, 0) is 42.2 Å². The van der Waals surface area contributed by atoms with Crippen molar-refractivity contribution in [2.24, 2.45) is 11.3 Å². The minimum atomic E-state index is 0.336. The van der Waals surface area contributed by atoms with Crippen LogP contribution in [0.2, 0.25) is 5.02 Å². The fraction of sp³-hybridized carbons (Fsp3) is 0.714. The highest BCUT2D eigenvalue weighted by molar-refractivity contribution is 7.10. The molecule has 1 heterocycles. The molecule has 1 nitrogen and oxygen atoms in total. The van der Waals surface area contributed by atoms with E-state index >= 15 is 0 Å². The van der Waals surface area contributed by atoms with Crippen LogP contribution in [-0.2, 0) is 6.42 Å². The zero-order valence-corrected chi connectivity index (χ0v) is 12.9. The van der Waals surface area contributed by atoms with Gasteiger partial charge in [0.15, 0.2) is 0 Å². The lowest BCUT2D eigenvalue weighted by molar-refractivity contribution is 0.309. The Labute approximate surface area is 115 Å². The summed E-state index contributed by atoms with van der Waals surface area (Å²) in [7, 11) is 0. The summed E-state index contributed by atoms with van der Waals surface area (Å²) in [5.41, 5.74) is 0.336. The molecule has 0 atom stereocenters. The van der Waals surface area contributed by atoms with E-state index in [1.807, 2.05) is 6.07 Å². The first kappa shape index (κ1) is 15.0. The van der Waals surface area contributed by atoms with E-state index < -0.39 is 0 Å². The predicted molar refractivity (Wildman–Crippen MR) is 79.1 cm³/mol. The second-order valence-electron chi connectivity index (χ2n) is 5.88. The topological polar surface area (TPSA) is 12.0 Å². The smallest absolute Gasteiger partial charge is 0.0544 e. The van der Waals surface area contributed by atoms with Gasteiger partial charge >= 0.3 is 0 Å². The van der Waals surface area contributed by atoms with E-state index in [1.165, 1.54) is 11.3 Å². The number of hydrogen-bond donors (Lipinski definition) is 1. The van der Waals surface area contributed by atoms with Crippen molar-refractivity contribution >= 4 is 22.9 Å². The Balaban J connectivity index is 2.31. The van der Waals surface area contributed by atoms with Gasteiger partial charge in [-0.15, -0.1) is 11.3 Å². The molecule has 0 amide bonds. The molecule has 0 aliphatic carbocycles. The van der Waals surface area contributed by atoms with Crippen LogP contribution in [0, 0.1) is 11.3 Å². The molecule has 0 spiro atoms. The van der Waals surface area contributed by atoms with Crippen LogP contribution in [0.1, 0.15) is 39.0 Å². The molecule has 1 N–H and O–H groups in total. The minimum Gasteiger partial charge on any atom is -0.316 e. The molecule has 0 bridgehead atoms. The molecule has 0 fully saturated rings. The summed E-state index contributed by atoms with van der Waals surface area (Å²) in [6.45, 7) is 11.3. The second kappa shape index (κ2) is 6.77. The Bertz CT molecular complexity index is 331. The first-order valence-corrected chi connectivity index (χ1v) is 7.59. The van der Waals surface area contributed by atoms with E-state index in [0.717, 1.165) is 30.5 Å². The van der Waals surface area contributed by atoms with E-state index in [0.29, 0.717) is 5.41 Å². The van der Waals surface area contributed by atoms with Crippen molar-refractivity contribution in [3.8, 4) is 0 Å². The highest BCUT2D eigenvalue weighted by Crippen LogP contribution is 2.28. The normalized spacial score (nSPS) is 12.4. The number of halogens is 1. The molecule has 0 radical (unpaired) electrons. The van der Waals surface area contributed by atoms with Crippen LogP contribution < -0.4 is 5.32 Å². The van der Waals surface area contributed by atoms with E-state index in [9.17, 15) is 0 Å². The van der Waals surface area contributed by atoms with Crippen LogP contribution in [-0.4, -0.2) is 13.1 Å². The fourth-order valence-electron chi connectivity index (χ4n) is 1.74. The van der Waals surface area contributed by atoms with Crippen molar-refractivity contribution in [2.45, 2.75) is 40.5 Å². The second-order valence-corrected chi connectivity index (χ2v) is 7.29. The van der Waals surface area contributed by atoms with Gasteiger partial charge in [-0.2, -0.15) is 0 Å². The molecule has 3 heteroatoms. The molecule has 0 aliphatic heterocycles. The maximum Gasteiger partial charge on any atom is 0.0544 e. The van der Waals surface area contributed by atoms with Gasteiger partial charge in [0.2, 0.25) is 0 Å². The number of aryl methyl sites for hydroxylation is 1. The molecule has 1 rings (SSSR count). The lowest BCUT2D eigenvalue weighted by atomic mass is 9.87. The molecule has 0 unspecified atom stereocenters. The molecule has 1 aromatic heterocycles. The van der Waals surface area contributed by atoms with Gasteiger partial charge in [0.25, 0.3) is 0 Å². The standard InChI is InChI=1S/C14H24ClNS/c1-11(2)9-16-10-14(3,4)7-5-13-12(15)6-8-17-13/h6,8,11,16H,5,7,9-10H2,1-4H3. The van der Waals surface area contributed by atoms with Crippen LogP contribution >= 0.6 is 22.9 Å². The summed E-state index contributed by atoms with van der Waals surface area (Å²) in [5, 5.41) is 6.54. The van der Waals surface area contributed by atoms with E-state index in [-0.39, 0.29) is 0 Å². The van der Waals surface area contributed by atoms with Crippen molar-refractivity contribution in [3.05, 3.63) is 21.3 Å². The molecule has 0 saturated carbocycles. The summed E-state index contributed by atoms with van der Waals surface area (Å²) in [6.07, 6.45) is 2.27. The monoisotopic (exact) mass is 273 g/mol. The maximum absolute atomic E-state index is 6.11. The Morgan fingerprint density at radius 2 is 2.12 bits per heavy atom. The van der Waals surface area contributed by atoms with Gasteiger partial charge in [0.05, 0.1) is 5.02 Å². The van der Waals surface area contributed by atoms with Crippen LogP contribution in [0.15, 0.2) is 11.4 Å². The Hall–Kier alpha value is -0.0500. The average molecular weight is 274 g/mol. The summed E-state index contributed by atoms with van der Waals surface area (Å²) >= 11 is 7.88. The van der Waals surface area contributed by atoms with Crippen molar-refractivity contribution in [2.75, 3.05) is 13.1 Å². The highest BCUT2D eigenvalue weighted by atomic mass is 35.5. The number of thiophene rings is 1. The lowest BCUT2D eigenvalue weighted by Gasteiger charge is -2.25. The Morgan fingerprint density at radius 1 is 1.41 bits per heavy atom. The van der Waals surface area contributed by atoms with Gasteiger partial charge in [0, 0.05) is 11.4 Å². The highest BCUT2D eigenvalue weighted by Gasteiger charge is 2.18. The zero-order valence-electron chi connectivity index (χ0n) is 11.3. The molecule has 0 aromatic carbocycles. The molecular formula is C14H24ClNS. The third kappa shape index (κ3) is 5.89. The summed E-state index contributed by atoms with van der Waals surface area (Å²) in [6, 6.07) is 1.99. The van der Waals surface area contributed by atoms with Gasteiger partial charge in [-0.3, -0.25) is 0 Å². The molecule has 1 aromatic rings. The van der Waals surface area contributed by atoms with Gasteiger partial charge in [0.1, 0.15) is 0 Å². The summed E-state index contributed by atoms with van der Waals surface area (Å²) in [5.74, 6) is 0.720. The minimum absolute atomic E-state index is 0.336. The average Bonchev–Trinajstić information content (AvgIpc) is 2.60. The molecular weight excluding hydrogens is 250 g/mol. The zero-order chi connectivity index (χ0) is 12.9. The lowest BCUT2D eigenvalue weighted by Crippen LogP contribution is -2.32.